The summed E-state index contributed by atoms with van der Waals surface area (Å²) in [5.74, 6) is 0.417. The Kier molecular flexibility index (Phi) is 2.24. The van der Waals surface area contributed by atoms with Crippen LogP contribution >= 0.6 is 12.2 Å². The summed E-state index contributed by atoms with van der Waals surface area (Å²) in [6.07, 6.45) is 0. The number of aromatic nitrogens is 1. The normalized spacial score (nSPS) is 8.73. The predicted molar refractivity (Wildman–Crippen MR) is 42.9 cm³/mol. The maximum Gasteiger partial charge on any atom is 0.209 e. The number of H-pyrrole nitrogens is 1. The van der Waals surface area contributed by atoms with E-state index in [0.29, 0.717) is 16.1 Å². The standard InChI is InChI=1S/C7H6N2OS/c1-10-7-5(4-8)2-3-6(11)9-7/h2-3H,1H3,(H,9,11). The number of nitrogens with zero attached hydrogens (tertiary/aromatic N) is 1. The lowest BCUT2D eigenvalue weighted by Gasteiger charge is -1.99. The Morgan fingerprint density at radius 3 is 2.91 bits per heavy atom. The molecule has 0 fully saturated rings. The van der Waals surface area contributed by atoms with E-state index in [4.69, 9.17) is 22.2 Å². The molecule has 0 amide bonds. The number of pyridine rings is 1. The summed E-state index contributed by atoms with van der Waals surface area (Å²) >= 11 is 4.83. The second kappa shape index (κ2) is 3.17. The molecular formula is C7H6N2OS. The maximum atomic E-state index is 8.56. The lowest BCUT2D eigenvalue weighted by atomic mass is 10.3. The third kappa shape index (κ3) is 1.57. The first kappa shape index (κ1) is 7.76. The number of methoxy groups -OCH3 is 1. The molecule has 0 aromatic carbocycles. The van der Waals surface area contributed by atoms with Crippen LogP contribution in [0.1, 0.15) is 5.56 Å². The number of nitriles is 1. The highest BCUT2D eigenvalue weighted by atomic mass is 32.1. The minimum atomic E-state index is 0.417. The van der Waals surface area contributed by atoms with Crippen LogP contribution in [0.5, 0.6) is 5.88 Å². The molecule has 0 atom stereocenters. The Morgan fingerprint density at radius 1 is 1.64 bits per heavy atom. The second-order valence-electron chi connectivity index (χ2n) is 1.88. The van der Waals surface area contributed by atoms with Crippen LogP contribution in [0, 0.1) is 16.0 Å². The van der Waals surface area contributed by atoms with Crippen LogP contribution < -0.4 is 4.74 Å². The van der Waals surface area contributed by atoms with Gasteiger partial charge in [-0.2, -0.15) is 5.26 Å². The molecule has 0 saturated carbocycles. The van der Waals surface area contributed by atoms with Crippen LogP contribution in [-0.2, 0) is 0 Å². The molecule has 0 bridgehead atoms. The second-order valence-corrected chi connectivity index (χ2v) is 2.32. The molecule has 1 aromatic heterocycles. The van der Waals surface area contributed by atoms with E-state index in [1.165, 1.54) is 7.11 Å². The first-order chi connectivity index (χ1) is 5.27. The lowest BCUT2D eigenvalue weighted by Crippen LogP contribution is -1.90. The van der Waals surface area contributed by atoms with Gasteiger partial charge in [-0.1, -0.05) is 12.2 Å². The number of rotatable bonds is 1. The Bertz CT molecular complexity index is 350. The summed E-state index contributed by atoms with van der Waals surface area (Å²) in [6, 6.07) is 5.24. The van der Waals surface area contributed by atoms with Gasteiger partial charge in [-0.25, -0.2) is 0 Å². The van der Waals surface area contributed by atoms with Crippen molar-refractivity contribution in [1.29, 1.82) is 5.26 Å². The molecule has 1 heterocycles. The minimum Gasteiger partial charge on any atom is -0.481 e. The van der Waals surface area contributed by atoms with Crippen LogP contribution in [0.4, 0.5) is 0 Å². The van der Waals surface area contributed by atoms with Crippen molar-refractivity contribution in [2.45, 2.75) is 0 Å². The van der Waals surface area contributed by atoms with Crippen molar-refractivity contribution in [3.63, 3.8) is 0 Å². The van der Waals surface area contributed by atoms with E-state index in [-0.39, 0.29) is 0 Å². The van der Waals surface area contributed by atoms with Gasteiger partial charge in [-0.05, 0) is 12.1 Å². The maximum absolute atomic E-state index is 8.56. The molecule has 0 spiro atoms. The van der Waals surface area contributed by atoms with Crippen molar-refractivity contribution in [3.8, 4) is 11.9 Å². The topological polar surface area (TPSA) is 48.8 Å². The van der Waals surface area contributed by atoms with Crippen molar-refractivity contribution in [1.82, 2.24) is 4.98 Å². The molecule has 1 N–H and O–H groups in total. The average molecular weight is 166 g/mol. The highest BCUT2D eigenvalue weighted by Gasteiger charge is 1.98. The van der Waals surface area contributed by atoms with Crippen LogP contribution in [-0.4, -0.2) is 12.1 Å². The summed E-state index contributed by atoms with van der Waals surface area (Å²) < 4.78 is 5.43. The van der Waals surface area contributed by atoms with E-state index in [1.807, 2.05) is 6.07 Å². The molecule has 0 radical (unpaired) electrons. The van der Waals surface area contributed by atoms with Crippen molar-refractivity contribution < 1.29 is 4.74 Å². The molecule has 4 heteroatoms. The van der Waals surface area contributed by atoms with E-state index >= 15 is 0 Å². The van der Waals surface area contributed by atoms with Gasteiger partial charge in [0, 0.05) is 0 Å². The third-order valence-electron chi connectivity index (χ3n) is 1.21. The fourth-order valence-corrected chi connectivity index (χ4v) is 0.865. The predicted octanol–water partition coefficient (Wildman–Crippen LogP) is 1.62. The summed E-state index contributed by atoms with van der Waals surface area (Å²) in [6.45, 7) is 0. The van der Waals surface area contributed by atoms with E-state index in [1.54, 1.807) is 12.1 Å². The average Bonchev–Trinajstić information content (AvgIpc) is 2.04. The zero-order chi connectivity index (χ0) is 8.27. The van der Waals surface area contributed by atoms with Crippen molar-refractivity contribution in [3.05, 3.63) is 22.3 Å². The van der Waals surface area contributed by atoms with Crippen LogP contribution in [0.3, 0.4) is 0 Å². The summed E-state index contributed by atoms with van der Waals surface area (Å²) in [7, 11) is 1.49. The van der Waals surface area contributed by atoms with Gasteiger partial charge in [0.1, 0.15) is 16.3 Å². The highest BCUT2D eigenvalue weighted by molar-refractivity contribution is 7.71. The molecule has 11 heavy (non-hydrogen) atoms. The Labute approximate surface area is 69.2 Å². The number of nitrogens with one attached hydrogen (secondary N) is 1. The van der Waals surface area contributed by atoms with Gasteiger partial charge in [-0.15, -0.1) is 0 Å². The van der Waals surface area contributed by atoms with Gasteiger partial charge in [0.2, 0.25) is 5.88 Å². The molecule has 3 nitrogen and oxygen atoms in total. The van der Waals surface area contributed by atoms with E-state index in [0.717, 1.165) is 0 Å². The van der Waals surface area contributed by atoms with Gasteiger partial charge in [0.05, 0.1) is 7.11 Å². The molecular weight excluding hydrogens is 160 g/mol. The molecule has 56 valence electrons. The smallest absolute Gasteiger partial charge is 0.209 e. The van der Waals surface area contributed by atoms with E-state index in [2.05, 4.69) is 4.98 Å². The Morgan fingerprint density at radius 2 is 2.36 bits per heavy atom. The zero-order valence-electron chi connectivity index (χ0n) is 5.92. The van der Waals surface area contributed by atoms with Crippen LogP contribution in [0.25, 0.3) is 0 Å². The number of hydrogen-bond donors (Lipinski definition) is 1. The van der Waals surface area contributed by atoms with Gasteiger partial charge >= 0.3 is 0 Å². The Balaban J connectivity index is 3.30. The first-order valence-electron chi connectivity index (χ1n) is 2.95. The van der Waals surface area contributed by atoms with Crippen molar-refractivity contribution >= 4 is 12.2 Å². The van der Waals surface area contributed by atoms with Gasteiger partial charge < -0.3 is 9.72 Å². The van der Waals surface area contributed by atoms with E-state index < -0.39 is 0 Å². The minimum absolute atomic E-state index is 0.417. The number of ether oxygens (including phenoxy) is 1. The van der Waals surface area contributed by atoms with Crippen LogP contribution in [0.15, 0.2) is 12.1 Å². The van der Waals surface area contributed by atoms with Crippen molar-refractivity contribution in [2.75, 3.05) is 7.11 Å². The van der Waals surface area contributed by atoms with E-state index in [9.17, 15) is 0 Å². The lowest BCUT2D eigenvalue weighted by molar-refractivity contribution is 0.396. The fourth-order valence-electron chi connectivity index (χ4n) is 0.705. The highest BCUT2D eigenvalue weighted by Crippen LogP contribution is 2.11. The molecule has 0 unspecified atom stereocenters. The summed E-state index contributed by atoms with van der Waals surface area (Å²) in [4.78, 5) is 2.75. The first-order valence-corrected chi connectivity index (χ1v) is 3.36. The summed E-state index contributed by atoms with van der Waals surface area (Å²) in [5.41, 5.74) is 0.459. The molecule has 0 aliphatic rings. The molecule has 1 rings (SSSR count). The van der Waals surface area contributed by atoms with Gasteiger partial charge in [-0.3, -0.25) is 0 Å². The van der Waals surface area contributed by atoms with Crippen molar-refractivity contribution in [2.24, 2.45) is 0 Å². The van der Waals surface area contributed by atoms with Crippen LogP contribution in [0.2, 0.25) is 0 Å². The summed E-state index contributed by atoms with van der Waals surface area (Å²) in [5, 5.41) is 8.56. The molecule has 0 aliphatic carbocycles. The number of aromatic amines is 1. The van der Waals surface area contributed by atoms with Gasteiger partial charge in [0.15, 0.2) is 0 Å². The SMILES string of the molecule is COc1[nH]c(=S)ccc1C#N. The zero-order valence-corrected chi connectivity index (χ0v) is 6.73. The van der Waals surface area contributed by atoms with Gasteiger partial charge in [0.25, 0.3) is 0 Å². The quantitative estimate of drug-likeness (QED) is 0.645. The monoisotopic (exact) mass is 166 g/mol. The largest absolute Gasteiger partial charge is 0.481 e. The fraction of sp³-hybridized carbons (Fsp3) is 0.143. The molecule has 0 saturated heterocycles. The molecule has 1 aromatic rings. The number of hydrogen-bond acceptors (Lipinski definition) is 3. The third-order valence-corrected chi connectivity index (χ3v) is 1.45. The Hall–Kier alpha value is -1.34. The molecule has 0 aliphatic heterocycles.